The van der Waals surface area contributed by atoms with Crippen molar-refractivity contribution < 1.29 is 19.4 Å². The summed E-state index contributed by atoms with van der Waals surface area (Å²) in [5.74, 6) is -0.751. The Hall–Kier alpha value is -3.80. The minimum Gasteiger partial charge on any atom is -0.481 e. The molecule has 0 saturated carbocycles. The molecule has 6 nitrogen and oxygen atoms in total. The van der Waals surface area contributed by atoms with Gasteiger partial charge in [0.2, 0.25) is 11.8 Å². The van der Waals surface area contributed by atoms with Gasteiger partial charge >= 0.3 is 5.97 Å². The van der Waals surface area contributed by atoms with Crippen LogP contribution in [-0.2, 0) is 4.79 Å². The van der Waals surface area contributed by atoms with Crippen LogP contribution in [0, 0.1) is 5.41 Å². The molecular weight excluding hydrogens is 380 g/mol. The second kappa shape index (κ2) is 7.22. The normalized spacial score (nSPS) is 14.8. The number of ether oxygens (including phenoxy) is 1. The molecule has 0 saturated heterocycles. The number of hydrogen-bond acceptors (Lipinski definition) is 5. The number of benzene rings is 1. The van der Waals surface area contributed by atoms with E-state index in [4.69, 9.17) is 4.74 Å². The highest BCUT2D eigenvalue weighted by atomic mass is 16.5. The number of aliphatic carboxylic acids is 1. The maximum atomic E-state index is 12.1. The van der Waals surface area contributed by atoms with E-state index < -0.39 is 17.3 Å². The van der Waals surface area contributed by atoms with Crippen LogP contribution in [0.1, 0.15) is 46.9 Å². The topological polar surface area (TPSA) is 89.4 Å². The van der Waals surface area contributed by atoms with Crippen molar-refractivity contribution in [3.05, 3.63) is 77.5 Å². The SMILES string of the molecule is C=Cc1ccc2c(n1)Oc1nc(-c3ccc(C=O)cc3)ccc1C2C(C)(C)C(=O)O. The number of nitrogens with zero attached hydrogens (tertiary/aromatic N) is 2. The summed E-state index contributed by atoms with van der Waals surface area (Å²) in [7, 11) is 0. The molecule has 1 aliphatic heterocycles. The summed E-state index contributed by atoms with van der Waals surface area (Å²) >= 11 is 0. The van der Waals surface area contributed by atoms with Crippen LogP contribution in [-0.4, -0.2) is 27.3 Å². The molecule has 1 N–H and O–H groups in total. The van der Waals surface area contributed by atoms with Gasteiger partial charge in [0, 0.05) is 28.2 Å². The molecule has 1 aromatic carbocycles. The number of carboxylic acids is 1. The summed E-state index contributed by atoms with van der Waals surface area (Å²) in [6.45, 7) is 7.11. The lowest BCUT2D eigenvalue weighted by atomic mass is 9.71. The molecule has 0 spiro atoms. The Balaban J connectivity index is 1.87. The highest BCUT2D eigenvalue weighted by molar-refractivity contribution is 5.78. The van der Waals surface area contributed by atoms with Gasteiger partial charge in [0.1, 0.15) is 6.29 Å². The van der Waals surface area contributed by atoms with Gasteiger partial charge in [-0.2, -0.15) is 0 Å². The lowest BCUT2D eigenvalue weighted by Gasteiger charge is -2.35. The molecule has 0 radical (unpaired) electrons. The van der Waals surface area contributed by atoms with Gasteiger partial charge in [-0.25, -0.2) is 9.97 Å². The van der Waals surface area contributed by atoms with Crippen molar-refractivity contribution in [2.24, 2.45) is 5.41 Å². The molecule has 150 valence electrons. The number of fused-ring (bicyclic) bond motifs is 2. The third-order valence-electron chi connectivity index (χ3n) is 5.44. The summed E-state index contributed by atoms with van der Waals surface area (Å²) < 4.78 is 6.01. The first-order valence-corrected chi connectivity index (χ1v) is 9.46. The fourth-order valence-electron chi connectivity index (χ4n) is 3.69. The maximum absolute atomic E-state index is 12.1. The third kappa shape index (κ3) is 3.16. The van der Waals surface area contributed by atoms with Crippen LogP contribution >= 0.6 is 0 Å². The largest absolute Gasteiger partial charge is 0.481 e. The van der Waals surface area contributed by atoms with Crippen LogP contribution in [0.3, 0.4) is 0 Å². The summed E-state index contributed by atoms with van der Waals surface area (Å²) in [5.41, 5.74) is 2.96. The molecule has 3 aromatic rings. The Bertz CT molecular complexity index is 1170. The van der Waals surface area contributed by atoms with Gasteiger partial charge < -0.3 is 9.84 Å². The van der Waals surface area contributed by atoms with E-state index in [1.54, 1.807) is 38.1 Å². The van der Waals surface area contributed by atoms with Crippen LogP contribution in [0.2, 0.25) is 0 Å². The molecule has 4 rings (SSSR count). The molecular formula is C24H20N2O4. The molecule has 1 atom stereocenters. The second-order valence-corrected chi connectivity index (χ2v) is 7.73. The molecule has 6 heteroatoms. The molecule has 0 aliphatic carbocycles. The van der Waals surface area contributed by atoms with Crippen molar-refractivity contribution in [3.63, 3.8) is 0 Å². The summed E-state index contributed by atoms with van der Waals surface area (Å²) in [5, 5.41) is 9.90. The predicted octanol–water partition coefficient (Wildman–Crippen LogP) is 4.95. The Labute approximate surface area is 173 Å². The molecule has 30 heavy (non-hydrogen) atoms. The van der Waals surface area contributed by atoms with Gasteiger partial charge in [-0.15, -0.1) is 0 Å². The van der Waals surface area contributed by atoms with E-state index in [2.05, 4.69) is 16.5 Å². The van der Waals surface area contributed by atoms with E-state index in [9.17, 15) is 14.7 Å². The van der Waals surface area contributed by atoms with Gasteiger partial charge in [-0.3, -0.25) is 9.59 Å². The summed E-state index contributed by atoms with van der Waals surface area (Å²) in [6.07, 6.45) is 2.39. The lowest BCUT2D eigenvalue weighted by molar-refractivity contribution is -0.147. The monoisotopic (exact) mass is 400 g/mol. The quantitative estimate of drug-likeness (QED) is 0.610. The fourth-order valence-corrected chi connectivity index (χ4v) is 3.69. The maximum Gasteiger partial charge on any atom is 0.310 e. The predicted molar refractivity (Wildman–Crippen MR) is 113 cm³/mol. The van der Waals surface area contributed by atoms with Crippen molar-refractivity contribution in [3.8, 4) is 23.0 Å². The van der Waals surface area contributed by atoms with Gasteiger partial charge in [0.15, 0.2) is 0 Å². The minimum absolute atomic E-state index is 0.326. The molecule has 2 aromatic heterocycles. The van der Waals surface area contributed by atoms with Crippen molar-refractivity contribution in [2.45, 2.75) is 19.8 Å². The Morgan fingerprint density at radius 2 is 1.67 bits per heavy atom. The number of pyridine rings is 2. The van der Waals surface area contributed by atoms with E-state index in [0.717, 1.165) is 11.8 Å². The Morgan fingerprint density at radius 1 is 1.03 bits per heavy atom. The zero-order valence-corrected chi connectivity index (χ0v) is 16.6. The fraction of sp³-hybridized carbons (Fsp3) is 0.167. The van der Waals surface area contributed by atoms with Crippen LogP contribution in [0.15, 0.2) is 55.1 Å². The van der Waals surface area contributed by atoms with Crippen molar-refractivity contribution in [1.82, 2.24) is 9.97 Å². The zero-order chi connectivity index (χ0) is 21.5. The highest BCUT2D eigenvalue weighted by Gasteiger charge is 2.44. The first kappa shape index (κ1) is 19.5. The molecule has 3 heterocycles. The second-order valence-electron chi connectivity index (χ2n) is 7.73. The lowest BCUT2D eigenvalue weighted by Crippen LogP contribution is -2.34. The van der Waals surface area contributed by atoms with Gasteiger partial charge in [0.05, 0.1) is 16.8 Å². The first-order chi connectivity index (χ1) is 14.3. The van der Waals surface area contributed by atoms with Crippen LogP contribution in [0.5, 0.6) is 11.8 Å². The number of hydrogen-bond donors (Lipinski definition) is 1. The minimum atomic E-state index is -1.11. The average Bonchev–Trinajstić information content (AvgIpc) is 2.76. The van der Waals surface area contributed by atoms with Crippen molar-refractivity contribution >= 4 is 18.3 Å². The number of carbonyl (C=O) groups is 2. The molecule has 0 fully saturated rings. The number of aldehydes is 1. The van der Waals surface area contributed by atoms with E-state index in [1.165, 1.54) is 0 Å². The van der Waals surface area contributed by atoms with Gasteiger partial charge in [0.25, 0.3) is 0 Å². The van der Waals surface area contributed by atoms with E-state index >= 15 is 0 Å². The van der Waals surface area contributed by atoms with E-state index in [1.807, 2.05) is 30.3 Å². The number of aromatic nitrogens is 2. The van der Waals surface area contributed by atoms with Crippen molar-refractivity contribution in [2.75, 3.05) is 0 Å². The number of rotatable bonds is 5. The van der Waals surface area contributed by atoms with E-state index in [0.29, 0.717) is 39.8 Å². The summed E-state index contributed by atoms with van der Waals surface area (Å²) in [6, 6.07) is 14.4. The van der Waals surface area contributed by atoms with Crippen LogP contribution in [0.4, 0.5) is 0 Å². The van der Waals surface area contributed by atoms with Crippen molar-refractivity contribution in [1.29, 1.82) is 0 Å². The average molecular weight is 400 g/mol. The third-order valence-corrected chi connectivity index (χ3v) is 5.44. The summed E-state index contributed by atoms with van der Waals surface area (Å²) in [4.78, 5) is 32.1. The standard InChI is InChI=1S/C24H20N2O4/c1-4-16-9-10-17-20(24(2,3)23(28)29)18-11-12-19(26-22(18)30-21(17)25-16)15-7-5-14(13-27)6-8-15/h4-13,20H,1H2,2-3H3,(H,28,29). The smallest absolute Gasteiger partial charge is 0.310 e. The highest BCUT2D eigenvalue weighted by Crippen LogP contribution is 2.51. The van der Waals surface area contributed by atoms with Gasteiger partial charge in [-0.05, 0) is 32.1 Å². The molecule has 1 unspecified atom stereocenters. The van der Waals surface area contributed by atoms with Crippen LogP contribution in [0.25, 0.3) is 17.3 Å². The number of carboxylic acid groups (broad SMARTS) is 1. The molecule has 0 amide bonds. The Kier molecular flexibility index (Phi) is 4.70. The molecule has 0 bridgehead atoms. The first-order valence-electron chi connectivity index (χ1n) is 9.46. The number of carbonyl (C=O) groups excluding carboxylic acids is 1. The molecule has 1 aliphatic rings. The van der Waals surface area contributed by atoms with Gasteiger partial charge in [-0.1, -0.05) is 43.0 Å². The Morgan fingerprint density at radius 3 is 2.27 bits per heavy atom. The van der Waals surface area contributed by atoms with E-state index in [-0.39, 0.29) is 0 Å². The zero-order valence-electron chi connectivity index (χ0n) is 16.6. The van der Waals surface area contributed by atoms with Crippen LogP contribution < -0.4 is 4.74 Å².